The molecule has 0 atom stereocenters. The lowest BCUT2D eigenvalue weighted by Crippen LogP contribution is -2.15. The van der Waals surface area contributed by atoms with Crippen molar-refractivity contribution in [2.75, 3.05) is 13.2 Å². The van der Waals surface area contributed by atoms with Crippen molar-refractivity contribution < 1.29 is 9.47 Å². The number of hydrogen-bond acceptors (Lipinski definition) is 4. The number of imidazole rings is 1. The molecule has 3 heterocycles. The van der Waals surface area contributed by atoms with Gasteiger partial charge in [-0.15, -0.1) is 0 Å². The lowest BCUT2D eigenvalue weighted by atomic mass is 10.1. The van der Waals surface area contributed by atoms with E-state index in [0.29, 0.717) is 46.8 Å². The highest BCUT2D eigenvalue weighted by atomic mass is 35.5. The van der Waals surface area contributed by atoms with Crippen LogP contribution in [0.25, 0.3) is 16.9 Å². The van der Waals surface area contributed by atoms with Crippen molar-refractivity contribution >= 4 is 17.2 Å². The van der Waals surface area contributed by atoms with E-state index in [-0.39, 0.29) is 0 Å². The highest BCUT2D eigenvalue weighted by Gasteiger charge is 2.18. The summed E-state index contributed by atoms with van der Waals surface area (Å²) in [6, 6.07) is 11.3. The molecule has 0 saturated carbocycles. The standard InChI is InChI=1S/C16H10ClN3O2/c17-11-2-4-15-19-16(12(8-18)20(15)9-11)10-1-3-13-14(7-10)22-6-5-21-13/h1-4,7,9H,5-6H2. The van der Waals surface area contributed by atoms with Crippen molar-refractivity contribution in [1.82, 2.24) is 9.38 Å². The summed E-state index contributed by atoms with van der Waals surface area (Å²) >= 11 is 6.00. The van der Waals surface area contributed by atoms with Gasteiger partial charge in [-0.25, -0.2) is 4.98 Å². The molecule has 0 radical (unpaired) electrons. The average Bonchev–Trinajstić information content (AvgIpc) is 2.92. The Balaban J connectivity index is 1.92. The van der Waals surface area contributed by atoms with E-state index in [0.717, 1.165) is 5.56 Å². The molecule has 4 rings (SSSR count). The van der Waals surface area contributed by atoms with Crippen LogP contribution >= 0.6 is 11.6 Å². The van der Waals surface area contributed by atoms with E-state index in [1.165, 1.54) is 0 Å². The van der Waals surface area contributed by atoms with Crippen LogP contribution in [0.3, 0.4) is 0 Å². The molecule has 0 N–H and O–H groups in total. The van der Waals surface area contributed by atoms with Gasteiger partial charge in [-0.3, -0.25) is 4.40 Å². The second-order valence-electron chi connectivity index (χ2n) is 4.85. The fourth-order valence-corrected chi connectivity index (χ4v) is 2.68. The van der Waals surface area contributed by atoms with Crippen molar-refractivity contribution in [2.45, 2.75) is 0 Å². The third-order valence-corrected chi connectivity index (χ3v) is 3.73. The quantitative estimate of drug-likeness (QED) is 0.692. The van der Waals surface area contributed by atoms with Gasteiger partial charge in [0.05, 0.1) is 5.02 Å². The van der Waals surface area contributed by atoms with Crippen LogP contribution < -0.4 is 9.47 Å². The molecule has 2 aromatic heterocycles. The molecule has 0 fully saturated rings. The molecule has 0 unspecified atom stereocenters. The normalized spacial score (nSPS) is 13.1. The van der Waals surface area contributed by atoms with Crippen molar-refractivity contribution in [3.05, 3.63) is 47.2 Å². The minimum Gasteiger partial charge on any atom is -0.486 e. The van der Waals surface area contributed by atoms with E-state index in [4.69, 9.17) is 21.1 Å². The van der Waals surface area contributed by atoms with E-state index in [1.807, 2.05) is 18.2 Å². The number of nitrogens with zero attached hydrogens (tertiary/aromatic N) is 3. The molecule has 0 aliphatic carbocycles. The molecule has 0 amide bonds. The van der Waals surface area contributed by atoms with Gasteiger partial charge >= 0.3 is 0 Å². The maximum atomic E-state index is 9.49. The summed E-state index contributed by atoms with van der Waals surface area (Å²) in [5.41, 5.74) is 2.52. The number of rotatable bonds is 1. The number of aromatic nitrogens is 2. The van der Waals surface area contributed by atoms with Crippen LogP contribution in [0.5, 0.6) is 11.5 Å². The lowest BCUT2D eigenvalue weighted by Gasteiger charge is -2.18. The smallest absolute Gasteiger partial charge is 0.162 e. The largest absolute Gasteiger partial charge is 0.486 e. The number of pyridine rings is 1. The molecule has 0 spiro atoms. The molecule has 1 aromatic carbocycles. The molecule has 0 saturated heterocycles. The number of ether oxygens (including phenoxy) is 2. The van der Waals surface area contributed by atoms with Gasteiger partial charge in [0, 0.05) is 11.8 Å². The first-order valence-electron chi connectivity index (χ1n) is 6.74. The first-order valence-corrected chi connectivity index (χ1v) is 7.12. The molecule has 6 heteroatoms. The highest BCUT2D eigenvalue weighted by Crippen LogP contribution is 2.35. The number of fused-ring (bicyclic) bond motifs is 2. The summed E-state index contributed by atoms with van der Waals surface area (Å²) in [5.74, 6) is 1.38. The Morgan fingerprint density at radius 2 is 1.95 bits per heavy atom. The Morgan fingerprint density at radius 1 is 1.14 bits per heavy atom. The van der Waals surface area contributed by atoms with Crippen LogP contribution in [0.4, 0.5) is 0 Å². The molecule has 22 heavy (non-hydrogen) atoms. The lowest BCUT2D eigenvalue weighted by molar-refractivity contribution is 0.171. The third kappa shape index (κ3) is 1.97. The zero-order valence-corrected chi connectivity index (χ0v) is 12.2. The Bertz CT molecular complexity index is 927. The van der Waals surface area contributed by atoms with Crippen molar-refractivity contribution in [1.29, 1.82) is 5.26 Å². The van der Waals surface area contributed by atoms with Gasteiger partial charge in [0.15, 0.2) is 17.2 Å². The summed E-state index contributed by atoms with van der Waals surface area (Å²) in [4.78, 5) is 4.53. The zero-order chi connectivity index (χ0) is 15.1. The van der Waals surface area contributed by atoms with Gasteiger partial charge in [-0.05, 0) is 30.3 Å². The summed E-state index contributed by atoms with van der Waals surface area (Å²) in [7, 11) is 0. The van der Waals surface area contributed by atoms with Gasteiger partial charge in [0.1, 0.15) is 30.6 Å². The number of hydrogen-bond donors (Lipinski definition) is 0. The van der Waals surface area contributed by atoms with Crippen molar-refractivity contribution in [2.24, 2.45) is 0 Å². The van der Waals surface area contributed by atoms with Crippen LogP contribution in [0.15, 0.2) is 36.5 Å². The van der Waals surface area contributed by atoms with Crippen LogP contribution in [-0.4, -0.2) is 22.6 Å². The van der Waals surface area contributed by atoms with Crippen LogP contribution in [0.1, 0.15) is 5.69 Å². The van der Waals surface area contributed by atoms with E-state index in [2.05, 4.69) is 11.1 Å². The Labute approximate surface area is 131 Å². The maximum Gasteiger partial charge on any atom is 0.162 e. The Kier molecular flexibility index (Phi) is 2.91. The van der Waals surface area contributed by atoms with E-state index < -0.39 is 0 Å². The monoisotopic (exact) mass is 311 g/mol. The minimum atomic E-state index is 0.439. The Morgan fingerprint density at radius 3 is 2.77 bits per heavy atom. The highest BCUT2D eigenvalue weighted by molar-refractivity contribution is 6.30. The van der Waals surface area contributed by atoms with E-state index in [1.54, 1.807) is 22.7 Å². The van der Waals surface area contributed by atoms with Crippen LogP contribution in [-0.2, 0) is 0 Å². The fourth-order valence-electron chi connectivity index (χ4n) is 2.52. The first-order chi connectivity index (χ1) is 10.8. The second kappa shape index (κ2) is 4.93. The maximum absolute atomic E-state index is 9.49. The summed E-state index contributed by atoms with van der Waals surface area (Å²) < 4.78 is 12.8. The first kappa shape index (κ1) is 13.0. The molecule has 108 valence electrons. The van der Waals surface area contributed by atoms with Gasteiger partial charge < -0.3 is 9.47 Å². The predicted molar refractivity (Wildman–Crippen MR) is 81.3 cm³/mol. The minimum absolute atomic E-state index is 0.439. The van der Waals surface area contributed by atoms with Gasteiger partial charge in [-0.1, -0.05) is 11.6 Å². The molecule has 5 nitrogen and oxygen atoms in total. The van der Waals surface area contributed by atoms with Crippen molar-refractivity contribution in [3.63, 3.8) is 0 Å². The molecule has 1 aliphatic heterocycles. The molecule has 3 aromatic rings. The topological polar surface area (TPSA) is 59.5 Å². The summed E-state index contributed by atoms with van der Waals surface area (Å²) in [6.07, 6.45) is 1.68. The number of nitriles is 1. The van der Waals surface area contributed by atoms with Crippen LogP contribution in [0.2, 0.25) is 5.02 Å². The zero-order valence-electron chi connectivity index (χ0n) is 11.4. The van der Waals surface area contributed by atoms with Gasteiger partial charge in [-0.2, -0.15) is 5.26 Å². The fraction of sp³-hybridized carbons (Fsp3) is 0.125. The number of halogens is 1. The van der Waals surface area contributed by atoms with Gasteiger partial charge in [0.2, 0.25) is 0 Å². The average molecular weight is 312 g/mol. The predicted octanol–water partition coefficient (Wildman–Crippen LogP) is 3.30. The molecule has 0 bridgehead atoms. The van der Waals surface area contributed by atoms with Crippen LogP contribution in [0, 0.1) is 11.3 Å². The summed E-state index contributed by atoms with van der Waals surface area (Å²) in [5, 5.41) is 10.0. The summed E-state index contributed by atoms with van der Waals surface area (Å²) in [6.45, 7) is 1.06. The molecular formula is C16H10ClN3O2. The third-order valence-electron chi connectivity index (χ3n) is 3.50. The Hall–Kier alpha value is -2.71. The molecular weight excluding hydrogens is 302 g/mol. The SMILES string of the molecule is N#Cc1c(-c2ccc3c(c2)OCCO3)nc2ccc(Cl)cn12. The number of benzene rings is 1. The van der Waals surface area contributed by atoms with E-state index in [9.17, 15) is 5.26 Å². The van der Waals surface area contributed by atoms with E-state index >= 15 is 0 Å². The van der Waals surface area contributed by atoms with Gasteiger partial charge in [0.25, 0.3) is 0 Å². The van der Waals surface area contributed by atoms with Crippen molar-refractivity contribution in [3.8, 4) is 28.8 Å². The second-order valence-corrected chi connectivity index (χ2v) is 5.29. The molecule has 1 aliphatic rings.